The number of carbonyl (C=O) groups is 2. The van der Waals surface area contributed by atoms with E-state index < -0.39 is 11.2 Å². The van der Waals surface area contributed by atoms with Crippen molar-refractivity contribution in [1.82, 2.24) is 9.55 Å². The summed E-state index contributed by atoms with van der Waals surface area (Å²) in [5.74, 6) is -1.10. The van der Waals surface area contributed by atoms with E-state index in [-0.39, 0.29) is 11.7 Å². The van der Waals surface area contributed by atoms with Gasteiger partial charge in [-0.1, -0.05) is 17.8 Å². The third kappa shape index (κ3) is 3.92. The summed E-state index contributed by atoms with van der Waals surface area (Å²) in [6.45, 7) is 1.76. The number of thiophene rings is 1. The van der Waals surface area contributed by atoms with Crippen molar-refractivity contribution >= 4 is 39.9 Å². The molecule has 0 aliphatic heterocycles. The number of rotatable bonds is 6. The molecular weight excluding hydrogens is 411 g/mol. The molecule has 0 bridgehead atoms. The van der Waals surface area contributed by atoms with Crippen LogP contribution in [0.1, 0.15) is 34.1 Å². The number of primary amides is 1. The average Bonchev–Trinajstić information content (AvgIpc) is 3.37. The Morgan fingerprint density at radius 3 is 2.97 bits per heavy atom. The van der Waals surface area contributed by atoms with Gasteiger partial charge in [-0.2, -0.15) is 0 Å². The predicted molar refractivity (Wildman–Crippen MR) is 112 cm³/mol. The number of nitrogens with one attached hydrogen (secondary N) is 1. The number of aromatic nitrogens is 2. The number of thioether (sulfide) groups is 1. The van der Waals surface area contributed by atoms with Gasteiger partial charge in [-0.15, -0.1) is 11.3 Å². The molecule has 2 aromatic heterocycles. The number of nitrogens with two attached hydrogens (primary N) is 1. The molecule has 1 atom stereocenters. The molecule has 3 N–H and O–H groups in total. The highest BCUT2D eigenvalue weighted by atomic mass is 32.2. The molecule has 0 saturated carbocycles. The molecule has 0 radical (unpaired) electrons. The van der Waals surface area contributed by atoms with Crippen LogP contribution in [0.3, 0.4) is 0 Å². The highest BCUT2D eigenvalue weighted by Crippen LogP contribution is 2.39. The summed E-state index contributed by atoms with van der Waals surface area (Å²) in [5.41, 5.74) is 7.60. The largest absolute Gasteiger partial charge is 0.365 e. The predicted octanol–water partition coefficient (Wildman–Crippen LogP) is 3.78. The molecule has 150 valence electrons. The van der Waals surface area contributed by atoms with E-state index in [2.05, 4.69) is 10.3 Å². The smallest absolute Gasteiger partial charge is 0.251 e. The molecule has 2 heterocycles. The van der Waals surface area contributed by atoms with Crippen molar-refractivity contribution in [3.63, 3.8) is 0 Å². The fourth-order valence-corrected chi connectivity index (χ4v) is 5.56. The van der Waals surface area contributed by atoms with Crippen LogP contribution in [0.5, 0.6) is 0 Å². The van der Waals surface area contributed by atoms with E-state index in [9.17, 15) is 14.0 Å². The number of aryl methyl sites for hydroxylation is 1. The van der Waals surface area contributed by atoms with Crippen molar-refractivity contribution in [2.24, 2.45) is 5.73 Å². The lowest BCUT2D eigenvalue weighted by molar-refractivity contribution is -0.115. The number of fused-ring (bicyclic) bond motifs is 1. The Bertz CT molecular complexity index is 1090. The molecule has 6 nitrogen and oxygen atoms in total. The maximum absolute atomic E-state index is 13.6. The number of amides is 2. The van der Waals surface area contributed by atoms with Crippen LogP contribution in [0.15, 0.2) is 41.8 Å². The topological polar surface area (TPSA) is 90.0 Å². The normalized spacial score (nSPS) is 13.9. The van der Waals surface area contributed by atoms with Gasteiger partial charge in [0.15, 0.2) is 5.16 Å². The average molecular weight is 431 g/mol. The third-order valence-electron chi connectivity index (χ3n) is 4.75. The molecule has 0 spiro atoms. The Morgan fingerprint density at radius 2 is 2.21 bits per heavy atom. The summed E-state index contributed by atoms with van der Waals surface area (Å²) in [7, 11) is 0. The number of anilines is 1. The zero-order chi connectivity index (χ0) is 20.5. The lowest BCUT2D eigenvalue weighted by Gasteiger charge is -2.13. The van der Waals surface area contributed by atoms with Crippen LogP contribution in [0.2, 0.25) is 0 Å². The van der Waals surface area contributed by atoms with Gasteiger partial charge in [0.1, 0.15) is 10.8 Å². The van der Waals surface area contributed by atoms with E-state index in [1.54, 1.807) is 36.0 Å². The van der Waals surface area contributed by atoms with Gasteiger partial charge in [0.2, 0.25) is 5.91 Å². The monoisotopic (exact) mass is 430 g/mol. The Balaban J connectivity index is 1.51. The minimum atomic E-state index is -0.512. The number of nitrogens with zero attached hydrogens (tertiary/aromatic N) is 2. The SMILES string of the molecule is CC(Sc1nccn1-c1cccc(F)c1)C(=O)Nc1sc2c(c1C(N)=O)CCC2. The first-order valence-electron chi connectivity index (χ1n) is 9.15. The Kier molecular flexibility index (Phi) is 5.42. The van der Waals surface area contributed by atoms with E-state index in [1.165, 1.54) is 35.2 Å². The molecule has 9 heteroatoms. The summed E-state index contributed by atoms with van der Waals surface area (Å²) in [6.07, 6.45) is 6.05. The maximum Gasteiger partial charge on any atom is 0.251 e. The van der Waals surface area contributed by atoms with Gasteiger partial charge >= 0.3 is 0 Å². The molecule has 4 rings (SSSR count). The molecule has 1 aliphatic rings. The second-order valence-corrected chi connectivity index (χ2v) is 9.15. The van der Waals surface area contributed by atoms with Crippen molar-refractivity contribution in [3.05, 3.63) is 58.5 Å². The van der Waals surface area contributed by atoms with Crippen LogP contribution in [-0.4, -0.2) is 26.6 Å². The second-order valence-electron chi connectivity index (χ2n) is 6.73. The first-order chi connectivity index (χ1) is 13.9. The number of hydrogen-bond acceptors (Lipinski definition) is 5. The minimum absolute atomic E-state index is 0.244. The number of benzene rings is 1. The van der Waals surface area contributed by atoms with E-state index in [1.807, 2.05) is 0 Å². The van der Waals surface area contributed by atoms with Gasteiger partial charge < -0.3 is 11.1 Å². The second kappa shape index (κ2) is 8.00. The van der Waals surface area contributed by atoms with E-state index in [0.29, 0.717) is 21.4 Å². The number of hydrogen-bond donors (Lipinski definition) is 2. The summed E-state index contributed by atoms with van der Waals surface area (Å²) >= 11 is 2.68. The van der Waals surface area contributed by atoms with Crippen molar-refractivity contribution in [2.75, 3.05) is 5.32 Å². The molecule has 1 unspecified atom stereocenters. The first-order valence-corrected chi connectivity index (χ1v) is 10.8. The molecule has 2 amide bonds. The number of halogens is 1. The van der Waals surface area contributed by atoms with Crippen LogP contribution in [0.4, 0.5) is 9.39 Å². The van der Waals surface area contributed by atoms with Crippen molar-refractivity contribution < 1.29 is 14.0 Å². The zero-order valence-electron chi connectivity index (χ0n) is 15.6. The van der Waals surface area contributed by atoms with Gasteiger partial charge in [0.25, 0.3) is 5.91 Å². The molecule has 3 aromatic rings. The maximum atomic E-state index is 13.6. The van der Waals surface area contributed by atoms with Crippen LogP contribution in [-0.2, 0) is 17.6 Å². The molecule has 0 saturated heterocycles. The van der Waals surface area contributed by atoms with Gasteiger partial charge in [-0.05, 0) is 49.9 Å². The molecule has 29 heavy (non-hydrogen) atoms. The van der Waals surface area contributed by atoms with Crippen LogP contribution >= 0.6 is 23.1 Å². The standard InChI is InChI=1S/C20H19FN4O2S2/c1-11(28-20-23-8-9-25(20)13-5-2-4-12(21)10-13)18(27)24-19-16(17(22)26)14-6-3-7-15(14)29-19/h2,4-5,8-11H,3,6-7H2,1H3,(H2,22,26)(H,24,27). The summed E-state index contributed by atoms with van der Waals surface area (Å²) < 4.78 is 15.3. The quantitative estimate of drug-likeness (QED) is 0.583. The Hall–Kier alpha value is -2.65. The van der Waals surface area contributed by atoms with Crippen molar-refractivity contribution in [3.8, 4) is 5.69 Å². The van der Waals surface area contributed by atoms with E-state index >= 15 is 0 Å². The summed E-state index contributed by atoms with van der Waals surface area (Å²) in [5, 5.41) is 3.47. The van der Waals surface area contributed by atoms with E-state index in [4.69, 9.17) is 5.73 Å². The van der Waals surface area contributed by atoms with Crippen LogP contribution in [0, 0.1) is 5.82 Å². The summed E-state index contributed by atoms with van der Waals surface area (Å²) in [6, 6.07) is 6.17. The van der Waals surface area contributed by atoms with Crippen LogP contribution in [0.25, 0.3) is 5.69 Å². The lowest BCUT2D eigenvalue weighted by Crippen LogP contribution is -2.24. The minimum Gasteiger partial charge on any atom is -0.365 e. The molecule has 0 fully saturated rings. The van der Waals surface area contributed by atoms with Gasteiger partial charge in [-0.25, -0.2) is 9.37 Å². The van der Waals surface area contributed by atoms with Crippen molar-refractivity contribution in [2.45, 2.75) is 36.6 Å². The highest BCUT2D eigenvalue weighted by Gasteiger charge is 2.27. The Morgan fingerprint density at radius 1 is 1.38 bits per heavy atom. The van der Waals surface area contributed by atoms with E-state index in [0.717, 1.165) is 29.7 Å². The molecular formula is C20H19FN4O2S2. The van der Waals surface area contributed by atoms with Crippen LogP contribution < -0.4 is 11.1 Å². The Labute approximate surface area is 175 Å². The van der Waals surface area contributed by atoms with Gasteiger partial charge in [0.05, 0.1) is 16.5 Å². The zero-order valence-corrected chi connectivity index (χ0v) is 17.3. The number of imidazole rings is 1. The van der Waals surface area contributed by atoms with Gasteiger partial charge in [0, 0.05) is 17.3 Å². The van der Waals surface area contributed by atoms with Crippen molar-refractivity contribution in [1.29, 1.82) is 0 Å². The third-order valence-corrected chi connectivity index (χ3v) is 7.04. The van der Waals surface area contributed by atoms with Gasteiger partial charge in [-0.3, -0.25) is 14.2 Å². The highest BCUT2D eigenvalue weighted by molar-refractivity contribution is 8.00. The fourth-order valence-electron chi connectivity index (χ4n) is 3.38. The molecule has 1 aromatic carbocycles. The first kappa shape index (κ1) is 19.7. The summed E-state index contributed by atoms with van der Waals surface area (Å²) in [4.78, 5) is 30.1. The fraction of sp³-hybridized carbons (Fsp3) is 0.250. The molecule has 1 aliphatic carbocycles. The number of carbonyl (C=O) groups excluding carboxylic acids is 2. The lowest BCUT2D eigenvalue weighted by atomic mass is 10.1.